The smallest absolute Gasteiger partial charge is 0.255 e. The first kappa shape index (κ1) is 15.0. The van der Waals surface area contributed by atoms with E-state index in [0.717, 1.165) is 0 Å². The van der Waals surface area contributed by atoms with Crippen molar-refractivity contribution < 1.29 is 8.42 Å². The molecule has 3 rings (SSSR count). The van der Waals surface area contributed by atoms with Crippen LogP contribution in [0.2, 0.25) is 5.02 Å². The lowest BCUT2D eigenvalue weighted by molar-refractivity contribution is 0.601. The van der Waals surface area contributed by atoms with Crippen molar-refractivity contribution in [3.8, 4) is 11.4 Å². The molecule has 0 aliphatic rings. The monoisotopic (exact) mass is 351 g/mol. The summed E-state index contributed by atoms with van der Waals surface area (Å²) in [6.45, 7) is 0. The van der Waals surface area contributed by atoms with Crippen LogP contribution in [0.3, 0.4) is 0 Å². The zero-order chi connectivity index (χ0) is 15.6. The number of pyridine rings is 1. The zero-order valence-corrected chi connectivity index (χ0v) is 13.5. The summed E-state index contributed by atoms with van der Waals surface area (Å²) in [5.74, 6) is 0. The predicted molar refractivity (Wildman–Crippen MR) is 87.6 cm³/mol. The first-order chi connectivity index (χ1) is 10.5. The molecule has 0 bridgehead atoms. The third-order valence-corrected chi connectivity index (χ3v) is 5.27. The number of aromatic nitrogens is 2. The molecule has 0 fully saturated rings. The van der Waals surface area contributed by atoms with Gasteiger partial charge in [0.05, 0.1) is 10.6 Å². The Morgan fingerprint density at radius 2 is 1.82 bits per heavy atom. The molecule has 0 spiro atoms. The van der Waals surface area contributed by atoms with Crippen LogP contribution in [0.5, 0.6) is 0 Å². The van der Waals surface area contributed by atoms with Gasteiger partial charge in [-0.15, -0.1) is 11.3 Å². The van der Waals surface area contributed by atoms with Crippen LogP contribution in [0.4, 0.5) is 5.13 Å². The normalized spacial score (nSPS) is 11.3. The maximum absolute atomic E-state index is 12.3. The number of nitrogens with zero attached hydrogens (tertiary/aromatic N) is 2. The van der Waals surface area contributed by atoms with Crippen LogP contribution in [0, 0.1) is 0 Å². The van der Waals surface area contributed by atoms with Crippen molar-refractivity contribution in [2.24, 2.45) is 0 Å². The van der Waals surface area contributed by atoms with E-state index in [2.05, 4.69) is 14.7 Å². The molecule has 22 heavy (non-hydrogen) atoms. The Labute approximate surface area is 136 Å². The van der Waals surface area contributed by atoms with E-state index in [9.17, 15) is 8.42 Å². The molecule has 0 radical (unpaired) electrons. The van der Waals surface area contributed by atoms with Crippen molar-refractivity contribution in [3.05, 3.63) is 59.1 Å². The van der Waals surface area contributed by atoms with Crippen LogP contribution in [0.1, 0.15) is 0 Å². The minimum atomic E-state index is -3.68. The third kappa shape index (κ3) is 3.27. The summed E-state index contributed by atoms with van der Waals surface area (Å²) in [5, 5.41) is 2.52. The predicted octanol–water partition coefficient (Wildman–Crippen LogP) is 3.66. The Kier molecular flexibility index (Phi) is 4.10. The Morgan fingerprint density at radius 3 is 2.50 bits per heavy atom. The van der Waals surface area contributed by atoms with E-state index >= 15 is 0 Å². The van der Waals surface area contributed by atoms with Gasteiger partial charge < -0.3 is 0 Å². The Balaban J connectivity index is 1.84. The number of benzene rings is 1. The molecule has 5 nitrogen and oxygen atoms in total. The van der Waals surface area contributed by atoms with Crippen molar-refractivity contribution in [2.75, 3.05) is 4.72 Å². The largest absolute Gasteiger partial charge is 0.263 e. The Bertz CT molecular complexity index is 878. The Morgan fingerprint density at radius 1 is 1.05 bits per heavy atom. The van der Waals surface area contributed by atoms with Gasteiger partial charge in [0.15, 0.2) is 5.13 Å². The van der Waals surface area contributed by atoms with Crippen LogP contribution in [-0.4, -0.2) is 18.4 Å². The minimum Gasteiger partial charge on any atom is -0.255 e. The van der Waals surface area contributed by atoms with E-state index in [4.69, 9.17) is 11.6 Å². The molecule has 0 saturated carbocycles. The summed E-state index contributed by atoms with van der Waals surface area (Å²) in [7, 11) is -3.68. The quantitative estimate of drug-likeness (QED) is 0.778. The molecule has 0 aliphatic heterocycles. The number of sulfonamides is 1. The first-order valence-corrected chi connectivity index (χ1v) is 8.94. The molecule has 3 aromatic rings. The lowest BCUT2D eigenvalue weighted by Gasteiger charge is -2.04. The van der Waals surface area contributed by atoms with Crippen molar-refractivity contribution in [1.82, 2.24) is 9.97 Å². The molecule has 0 aliphatic carbocycles. The molecule has 0 atom stereocenters. The highest BCUT2D eigenvalue weighted by Crippen LogP contribution is 2.25. The summed E-state index contributed by atoms with van der Waals surface area (Å²) < 4.78 is 27.0. The molecule has 0 amide bonds. The van der Waals surface area contributed by atoms with Gasteiger partial charge in [0, 0.05) is 16.6 Å². The van der Waals surface area contributed by atoms with Gasteiger partial charge in [0.1, 0.15) is 5.69 Å². The van der Waals surface area contributed by atoms with Crippen LogP contribution in [-0.2, 0) is 10.0 Å². The molecule has 0 saturated heterocycles. The highest BCUT2D eigenvalue weighted by molar-refractivity contribution is 7.93. The number of thiazole rings is 1. The molecule has 2 aromatic heterocycles. The molecule has 2 heterocycles. The number of anilines is 1. The van der Waals surface area contributed by atoms with Gasteiger partial charge in [0.25, 0.3) is 10.0 Å². The van der Waals surface area contributed by atoms with Crippen molar-refractivity contribution >= 4 is 38.1 Å². The number of nitrogens with one attached hydrogen (secondary N) is 1. The fraction of sp³-hybridized carbons (Fsp3) is 0. The minimum absolute atomic E-state index is 0.131. The molecule has 8 heteroatoms. The van der Waals surface area contributed by atoms with Gasteiger partial charge in [-0.2, -0.15) is 0 Å². The standard InChI is InChI=1S/C14H10ClN3O2S2/c15-10-4-6-11(7-5-10)22(19,20)18-14-17-13(9-21-14)12-3-1-2-8-16-12/h1-9H,(H,17,18). The van der Waals surface area contributed by atoms with Crippen LogP contribution >= 0.6 is 22.9 Å². The van der Waals surface area contributed by atoms with E-state index in [1.165, 1.54) is 35.6 Å². The van der Waals surface area contributed by atoms with Crippen molar-refractivity contribution in [3.63, 3.8) is 0 Å². The van der Waals surface area contributed by atoms with E-state index in [1.807, 2.05) is 12.1 Å². The van der Waals surface area contributed by atoms with Gasteiger partial charge >= 0.3 is 0 Å². The molecule has 1 N–H and O–H groups in total. The molecular weight excluding hydrogens is 342 g/mol. The van der Waals surface area contributed by atoms with E-state index in [0.29, 0.717) is 16.4 Å². The second-order valence-corrected chi connectivity index (χ2v) is 7.29. The van der Waals surface area contributed by atoms with Gasteiger partial charge in [0.2, 0.25) is 0 Å². The SMILES string of the molecule is O=S(=O)(Nc1nc(-c2ccccn2)cs1)c1ccc(Cl)cc1. The highest BCUT2D eigenvalue weighted by atomic mass is 35.5. The topological polar surface area (TPSA) is 72.0 Å². The van der Waals surface area contributed by atoms with Crippen LogP contribution < -0.4 is 4.72 Å². The van der Waals surface area contributed by atoms with Gasteiger partial charge in [-0.1, -0.05) is 17.7 Å². The molecular formula is C14H10ClN3O2S2. The highest BCUT2D eigenvalue weighted by Gasteiger charge is 2.16. The lowest BCUT2D eigenvalue weighted by atomic mass is 10.3. The summed E-state index contributed by atoms with van der Waals surface area (Å²) in [6, 6.07) is 11.4. The zero-order valence-electron chi connectivity index (χ0n) is 11.1. The number of hydrogen-bond donors (Lipinski definition) is 1. The lowest BCUT2D eigenvalue weighted by Crippen LogP contribution is -2.12. The summed E-state index contributed by atoms with van der Waals surface area (Å²) in [6.07, 6.45) is 1.66. The second kappa shape index (κ2) is 6.04. The average molecular weight is 352 g/mol. The number of rotatable bonds is 4. The van der Waals surface area contributed by atoms with Crippen molar-refractivity contribution in [2.45, 2.75) is 4.90 Å². The summed E-state index contributed by atoms with van der Waals surface area (Å²) >= 11 is 6.96. The first-order valence-electron chi connectivity index (χ1n) is 6.20. The average Bonchev–Trinajstić information content (AvgIpc) is 2.96. The summed E-state index contributed by atoms with van der Waals surface area (Å²) in [4.78, 5) is 8.56. The fourth-order valence-electron chi connectivity index (χ4n) is 1.74. The Hall–Kier alpha value is -1.96. The van der Waals surface area contributed by atoms with Gasteiger partial charge in [-0.3, -0.25) is 9.71 Å². The van der Waals surface area contributed by atoms with Crippen LogP contribution in [0.25, 0.3) is 11.4 Å². The maximum Gasteiger partial charge on any atom is 0.263 e. The van der Waals surface area contributed by atoms with E-state index in [-0.39, 0.29) is 10.0 Å². The number of hydrogen-bond acceptors (Lipinski definition) is 5. The van der Waals surface area contributed by atoms with Crippen LogP contribution in [0.15, 0.2) is 58.9 Å². The molecule has 0 unspecified atom stereocenters. The molecule has 1 aromatic carbocycles. The van der Waals surface area contributed by atoms with E-state index in [1.54, 1.807) is 17.6 Å². The fourth-order valence-corrected chi connectivity index (χ4v) is 3.82. The van der Waals surface area contributed by atoms with Crippen molar-refractivity contribution in [1.29, 1.82) is 0 Å². The maximum atomic E-state index is 12.3. The summed E-state index contributed by atoms with van der Waals surface area (Å²) in [5.41, 5.74) is 1.31. The van der Waals surface area contributed by atoms with Gasteiger partial charge in [-0.25, -0.2) is 13.4 Å². The second-order valence-electron chi connectivity index (χ2n) is 4.31. The third-order valence-electron chi connectivity index (χ3n) is 2.78. The molecule has 112 valence electrons. The van der Waals surface area contributed by atoms with Gasteiger partial charge in [-0.05, 0) is 36.4 Å². The number of halogens is 1. The van der Waals surface area contributed by atoms with E-state index < -0.39 is 10.0 Å².